The van der Waals surface area contributed by atoms with Crippen molar-refractivity contribution in [3.8, 4) is 5.75 Å². The van der Waals surface area contributed by atoms with Crippen molar-refractivity contribution in [2.75, 3.05) is 7.11 Å². The number of nitrogens with zero attached hydrogens (tertiary/aromatic N) is 2. The van der Waals surface area contributed by atoms with Gasteiger partial charge in [-0.2, -0.15) is 0 Å². The average molecular weight is 246 g/mol. The van der Waals surface area contributed by atoms with Gasteiger partial charge >= 0.3 is 0 Å². The van der Waals surface area contributed by atoms with Gasteiger partial charge in [-0.05, 0) is 24.1 Å². The summed E-state index contributed by atoms with van der Waals surface area (Å²) in [5, 5.41) is 10.3. The Labute approximate surface area is 107 Å². The minimum absolute atomic E-state index is 0.682. The van der Waals surface area contributed by atoms with Gasteiger partial charge in [-0.1, -0.05) is 19.1 Å². The summed E-state index contributed by atoms with van der Waals surface area (Å²) in [7, 11) is 1.62. The number of hydrogen-bond donors (Lipinski definition) is 1. The van der Waals surface area contributed by atoms with E-state index in [1.54, 1.807) is 13.3 Å². The van der Waals surface area contributed by atoms with Crippen LogP contribution in [0.5, 0.6) is 5.75 Å². The third-order valence-electron chi connectivity index (χ3n) is 2.89. The molecular weight excluding hydrogens is 228 g/mol. The van der Waals surface area contributed by atoms with Crippen LogP contribution in [0, 0.1) is 0 Å². The third-order valence-corrected chi connectivity index (χ3v) is 2.89. The number of imidazole rings is 1. The van der Waals surface area contributed by atoms with Crippen molar-refractivity contribution in [2.24, 2.45) is 0 Å². The Bertz CT molecular complexity index is 491. The Morgan fingerprint density at radius 3 is 2.67 bits per heavy atom. The molecule has 4 heteroatoms. The highest BCUT2D eigenvalue weighted by Crippen LogP contribution is 2.22. The van der Waals surface area contributed by atoms with Crippen molar-refractivity contribution < 1.29 is 9.84 Å². The molecule has 0 saturated heterocycles. The Kier molecular flexibility index (Phi) is 3.99. The zero-order valence-corrected chi connectivity index (χ0v) is 10.7. The SMILES string of the molecule is CCCn1ccnc1C(O)c1ccc(OC)cc1. The lowest BCUT2D eigenvalue weighted by atomic mass is 10.1. The molecule has 0 aliphatic rings. The van der Waals surface area contributed by atoms with Crippen molar-refractivity contribution in [2.45, 2.75) is 26.0 Å². The second-order valence-electron chi connectivity index (χ2n) is 4.15. The molecule has 0 amide bonds. The van der Waals surface area contributed by atoms with Gasteiger partial charge in [-0.3, -0.25) is 0 Å². The smallest absolute Gasteiger partial charge is 0.142 e. The Hall–Kier alpha value is -1.81. The summed E-state index contributed by atoms with van der Waals surface area (Å²) >= 11 is 0. The van der Waals surface area contributed by atoms with E-state index in [1.165, 1.54) is 0 Å². The van der Waals surface area contributed by atoms with Gasteiger partial charge in [0.05, 0.1) is 7.11 Å². The summed E-state index contributed by atoms with van der Waals surface area (Å²) in [6.45, 7) is 2.96. The van der Waals surface area contributed by atoms with E-state index in [1.807, 2.05) is 35.0 Å². The van der Waals surface area contributed by atoms with E-state index in [0.29, 0.717) is 5.82 Å². The zero-order valence-electron chi connectivity index (χ0n) is 10.7. The molecule has 96 valence electrons. The molecule has 0 saturated carbocycles. The number of ether oxygens (including phenoxy) is 1. The molecule has 0 bridgehead atoms. The third kappa shape index (κ3) is 2.54. The van der Waals surface area contributed by atoms with Crippen molar-refractivity contribution in [1.29, 1.82) is 0 Å². The maximum atomic E-state index is 10.3. The molecule has 0 aliphatic carbocycles. The normalized spacial score (nSPS) is 12.4. The zero-order chi connectivity index (χ0) is 13.0. The predicted octanol–water partition coefficient (Wildman–Crippen LogP) is 2.38. The second kappa shape index (κ2) is 5.69. The number of aryl methyl sites for hydroxylation is 1. The van der Waals surface area contributed by atoms with E-state index in [9.17, 15) is 5.11 Å². The minimum Gasteiger partial charge on any atom is -0.497 e. The molecule has 18 heavy (non-hydrogen) atoms. The number of methoxy groups -OCH3 is 1. The fraction of sp³-hybridized carbons (Fsp3) is 0.357. The highest BCUT2D eigenvalue weighted by Gasteiger charge is 2.15. The standard InChI is InChI=1S/C14H18N2O2/c1-3-9-16-10-8-15-14(16)13(17)11-4-6-12(18-2)7-5-11/h4-8,10,13,17H,3,9H2,1-2H3. The molecule has 1 atom stereocenters. The van der Waals surface area contributed by atoms with Crippen LogP contribution in [0.4, 0.5) is 0 Å². The number of aliphatic hydroxyl groups is 1. The molecule has 0 radical (unpaired) electrons. The molecule has 1 aromatic carbocycles. The summed E-state index contributed by atoms with van der Waals surface area (Å²) in [5.41, 5.74) is 0.819. The van der Waals surface area contributed by atoms with Gasteiger partial charge in [-0.15, -0.1) is 0 Å². The topological polar surface area (TPSA) is 47.3 Å². The van der Waals surface area contributed by atoms with Gasteiger partial charge in [-0.25, -0.2) is 4.98 Å². The summed E-state index contributed by atoms with van der Waals surface area (Å²) < 4.78 is 7.08. The van der Waals surface area contributed by atoms with Crippen LogP contribution in [0.25, 0.3) is 0 Å². The lowest BCUT2D eigenvalue weighted by Gasteiger charge is -2.13. The number of hydrogen-bond acceptors (Lipinski definition) is 3. The van der Waals surface area contributed by atoms with Crippen LogP contribution < -0.4 is 4.74 Å². The Morgan fingerprint density at radius 2 is 2.06 bits per heavy atom. The van der Waals surface area contributed by atoms with E-state index in [-0.39, 0.29) is 0 Å². The van der Waals surface area contributed by atoms with Gasteiger partial charge in [0.2, 0.25) is 0 Å². The van der Waals surface area contributed by atoms with Gasteiger partial charge in [0.15, 0.2) is 0 Å². The van der Waals surface area contributed by atoms with E-state index in [2.05, 4.69) is 11.9 Å². The number of aromatic nitrogens is 2. The van der Waals surface area contributed by atoms with Gasteiger partial charge in [0.1, 0.15) is 17.7 Å². The largest absolute Gasteiger partial charge is 0.497 e. The van der Waals surface area contributed by atoms with Crippen LogP contribution in [0.2, 0.25) is 0 Å². The highest BCUT2D eigenvalue weighted by atomic mass is 16.5. The summed E-state index contributed by atoms with van der Waals surface area (Å²) in [4.78, 5) is 4.24. The lowest BCUT2D eigenvalue weighted by molar-refractivity contribution is 0.204. The maximum Gasteiger partial charge on any atom is 0.142 e. The summed E-state index contributed by atoms with van der Waals surface area (Å²) in [6, 6.07) is 7.39. The monoisotopic (exact) mass is 246 g/mol. The number of benzene rings is 1. The van der Waals surface area contributed by atoms with E-state index in [4.69, 9.17) is 4.74 Å². The number of rotatable bonds is 5. The van der Waals surface area contributed by atoms with Crippen molar-refractivity contribution in [3.05, 3.63) is 48.0 Å². The van der Waals surface area contributed by atoms with Crippen molar-refractivity contribution >= 4 is 0 Å². The molecule has 0 spiro atoms. The predicted molar refractivity (Wildman–Crippen MR) is 69.6 cm³/mol. The van der Waals surface area contributed by atoms with Crippen LogP contribution in [-0.2, 0) is 6.54 Å². The summed E-state index contributed by atoms with van der Waals surface area (Å²) in [6.07, 6.45) is 3.93. The second-order valence-corrected chi connectivity index (χ2v) is 4.15. The molecular formula is C14H18N2O2. The molecule has 2 rings (SSSR count). The first kappa shape index (κ1) is 12.6. The highest BCUT2D eigenvalue weighted by molar-refractivity contribution is 5.30. The fourth-order valence-corrected chi connectivity index (χ4v) is 1.93. The molecule has 1 aromatic heterocycles. The van der Waals surface area contributed by atoms with E-state index >= 15 is 0 Å². The number of aliphatic hydroxyl groups excluding tert-OH is 1. The maximum absolute atomic E-state index is 10.3. The van der Waals surface area contributed by atoms with Crippen LogP contribution in [0.15, 0.2) is 36.7 Å². The molecule has 2 aromatic rings. The van der Waals surface area contributed by atoms with Crippen LogP contribution in [0.3, 0.4) is 0 Å². The molecule has 4 nitrogen and oxygen atoms in total. The van der Waals surface area contributed by atoms with Gasteiger partial charge in [0.25, 0.3) is 0 Å². The van der Waals surface area contributed by atoms with Gasteiger partial charge < -0.3 is 14.4 Å². The van der Waals surface area contributed by atoms with Gasteiger partial charge in [0, 0.05) is 18.9 Å². The first-order valence-electron chi connectivity index (χ1n) is 6.09. The molecule has 0 fully saturated rings. The average Bonchev–Trinajstić information content (AvgIpc) is 2.87. The summed E-state index contributed by atoms with van der Waals surface area (Å²) in [5.74, 6) is 1.46. The van der Waals surface area contributed by atoms with Crippen molar-refractivity contribution in [1.82, 2.24) is 9.55 Å². The Balaban J connectivity index is 2.23. The minimum atomic E-state index is -0.697. The lowest BCUT2D eigenvalue weighted by Crippen LogP contribution is -2.09. The quantitative estimate of drug-likeness (QED) is 0.881. The molecule has 1 heterocycles. The fourth-order valence-electron chi connectivity index (χ4n) is 1.93. The van der Waals surface area contributed by atoms with Crippen LogP contribution in [0.1, 0.15) is 30.8 Å². The molecule has 0 aliphatic heterocycles. The van der Waals surface area contributed by atoms with Crippen LogP contribution >= 0.6 is 0 Å². The van der Waals surface area contributed by atoms with Crippen molar-refractivity contribution in [3.63, 3.8) is 0 Å². The molecule has 1 unspecified atom stereocenters. The first-order chi connectivity index (χ1) is 8.76. The first-order valence-corrected chi connectivity index (χ1v) is 6.09. The van der Waals surface area contributed by atoms with E-state index < -0.39 is 6.10 Å². The Morgan fingerprint density at radius 1 is 1.33 bits per heavy atom. The van der Waals surface area contributed by atoms with E-state index in [0.717, 1.165) is 24.3 Å². The molecule has 1 N–H and O–H groups in total. The van der Waals surface area contributed by atoms with Crippen LogP contribution in [-0.4, -0.2) is 21.8 Å².